The van der Waals surface area contributed by atoms with Crippen molar-refractivity contribution in [1.29, 1.82) is 0 Å². The van der Waals surface area contributed by atoms with Crippen LogP contribution in [0.2, 0.25) is 0 Å². The number of rotatable bonds is 2. The third kappa shape index (κ3) is 3.87. The summed E-state index contributed by atoms with van der Waals surface area (Å²) in [4.78, 5) is 2.40. The highest BCUT2D eigenvalue weighted by Crippen LogP contribution is 2.53. The second-order valence-electron chi connectivity index (χ2n) is 12.4. The minimum Gasteiger partial charge on any atom is -0.490 e. The average molecular weight is 603 g/mol. The number of ether oxygens (including phenoxy) is 1. The van der Waals surface area contributed by atoms with Crippen LogP contribution < -0.4 is 9.64 Å². The zero-order chi connectivity index (χ0) is 30.9. The minimum absolute atomic E-state index is 0.639. The minimum atomic E-state index is 0.639. The number of para-hydroxylation sites is 3. The van der Waals surface area contributed by atoms with Crippen LogP contribution in [0.1, 0.15) is 0 Å². The summed E-state index contributed by atoms with van der Waals surface area (Å²) in [5, 5.41) is 2.52. The number of anilines is 2. The molecular formula is C44H30N2O. The first-order chi connectivity index (χ1) is 23.3. The maximum absolute atomic E-state index is 6.42. The summed E-state index contributed by atoms with van der Waals surface area (Å²) in [5.74, 6) is 0.919. The van der Waals surface area contributed by atoms with Gasteiger partial charge < -0.3 is 14.2 Å². The van der Waals surface area contributed by atoms with Crippen LogP contribution in [0.3, 0.4) is 0 Å². The van der Waals surface area contributed by atoms with Gasteiger partial charge in [-0.2, -0.15) is 0 Å². The highest BCUT2D eigenvalue weighted by atomic mass is 16.5. The Kier molecular flexibility index (Phi) is 5.70. The van der Waals surface area contributed by atoms with Crippen LogP contribution >= 0.6 is 0 Å². The Bertz CT molecular complexity index is 2460. The summed E-state index contributed by atoms with van der Waals surface area (Å²) >= 11 is 0. The van der Waals surface area contributed by atoms with E-state index in [-0.39, 0.29) is 0 Å². The molecule has 47 heavy (non-hydrogen) atoms. The normalized spacial score (nSPS) is 13.1. The molecule has 8 aromatic rings. The van der Waals surface area contributed by atoms with E-state index >= 15 is 0 Å². The maximum atomic E-state index is 6.42. The lowest BCUT2D eigenvalue weighted by Crippen LogP contribution is -2.28. The van der Waals surface area contributed by atoms with Crippen molar-refractivity contribution in [3.05, 3.63) is 158 Å². The Morgan fingerprint density at radius 1 is 0.426 bits per heavy atom. The first kappa shape index (κ1) is 26.2. The van der Waals surface area contributed by atoms with E-state index in [0.717, 1.165) is 18.0 Å². The smallest absolute Gasteiger partial charge is 0.143 e. The molecule has 0 amide bonds. The zero-order valence-electron chi connectivity index (χ0n) is 25.7. The highest BCUT2D eigenvalue weighted by molar-refractivity contribution is 6.12. The zero-order valence-corrected chi connectivity index (χ0v) is 25.7. The molecule has 2 heterocycles. The molecule has 1 aromatic heterocycles. The second kappa shape index (κ2) is 10.2. The number of aromatic nitrogens is 1. The molecule has 0 radical (unpaired) electrons. The van der Waals surface area contributed by atoms with Crippen molar-refractivity contribution < 1.29 is 4.74 Å². The van der Waals surface area contributed by atoms with E-state index in [2.05, 4.69) is 167 Å². The summed E-state index contributed by atoms with van der Waals surface area (Å²) < 4.78 is 8.88. The van der Waals surface area contributed by atoms with E-state index in [4.69, 9.17) is 4.74 Å². The van der Waals surface area contributed by atoms with Crippen molar-refractivity contribution in [2.45, 2.75) is 0 Å². The molecular weight excluding hydrogens is 572 g/mol. The van der Waals surface area contributed by atoms with Crippen LogP contribution in [0.15, 0.2) is 158 Å². The third-order valence-electron chi connectivity index (χ3n) is 9.89. The van der Waals surface area contributed by atoms with Gasteiger partial charge in [0.15, 0.2) is 0 Å². The molecule has 1 aliphatic heterocycles. The van der Waals surface area contributed by atoms with Crippen molar-refractivity contribution >= 4 is 33.2 Å². The molecule has 7 aromatic carbocycles. The monoisotopic (exact) mass is 602 g/mol. The maximum Gasteiger partial charge on any atom is 0.143 e. The Balaban J connectivity index is 1.35. The Hall–Kier alpha value is -6.06. The first-order valence-electron chi connectivity index (χ1n) is 16.3. The van der Waals surface area contributed by atoms with Gasteiger partial charge in [0, 0.05) is 22.0 Å². The molecule has 0 spiro atoms. The number of hydrogen-bond donors (Lipinski definition) is 0. The molecule has 0 fully saturated rings. The lowest BCUT2D eigenvalue weighted by Gasteiger charge is -2.33. The molecule has 2 aliphatic rings. The molecule has 3 nitrogen and oxygen atoms in total. The van der Waals surface area contributed by atoms with Crippen molar-refractivity contribution in [2.24, 2.45) is 0 Å². The summed E-state index contributed by atoms with van der Waals surface area (Å²) in [6.07, 6.45) is 0. The lowest BCUT2D eigenvalue weighted by atomic mass is 9.80. The predicted molar refractivity (Wildman–Crippen MR) is 195 cm³/mol. The van der Waals surface area contributed by atoms with Gasteiger partial charge in [0.2, 0.25) is 0 Å². The molecule has 0 unspecified atom stereocenters. The van der Waals surface area contributed by atoms with Crippen LogP contribution in [-0.4, -0.2) is 17.7 Å². The van der Waals surface area contributed by atoms with Crippen molar-refractivity contribution in [2.75, 3.05) is 18.1 Å². The van der Waals surface area contributed by atoms with Gasteiger partial charge in [0.25, 0.3) is 0 Å². The van der Waals surface area contributed by atoms with Gasteiger partial charge in [-0.05, 0) is 81.4 Å². The molecule has 0 saturated carbocycles. The van der Waals surface area contributed by atoms with E-state index in [1.165, 1.54) is 77.7 Å². The van der Waals surface area contributed by atoms with Crippen molar-refractivity contribution in [3.8, 4) is 55.9 Å². The number of benzene rings is 7. The van der Waals surface area contributed by atoms with Gasteiger partial charge in [0.1, 0.15) is 12.4 Å². The quantitative estimate of drug-likeness (QED) is 0.196. The topological polar surface area (TPSA) is 17.4 Å². The van der Waals surface area contributed by atoms with E-state index in [0.29, 0.717) is 6.61 Å². The van der Waals surface area contributed by atoms with Crippen LogP contribution in [0.5, 0.6) is 5.75 Å². The molecule has 3 heteroatoms. The fourth-order valence-corrected chi connectivity index (χ4v) is 7.89. The lowest BCUT2D eigenvalue weighted by molar-refractivity contribution is 0.314. The average Bonchev–Trinajstić information content (AvgIpc) is 3.48. The Morgan fingerprint density at radius 2 is 0.979 bits per heavy atom. The van der Waals surface area contributed by atoms with Crippen LogP contribution in [-0.2, 0) is 0 Å². The van der Waals surface area contributed by atoms with Crippen molar-refractivity contribution in [3.63, 3.8) is 0 Å². The van der Waals surface area contributed by atoms with E-state index in [1.807, 2.05) is 0 Å². The second-order valence-corrected chi connectivity index (χ2v) is 12.4. The van der Waals surface area contributed by atoms with Crippen molar-refractivity contribution in [1.82, 2.24) is 4.57 Å². The fourth-order valence-electron chi connectivity index (χ4n) is 7.89. The highest BCUT2D eigenvalue weighted by Gasteiger charge is 2.29. The standard InChI is InChI=1S/C44H30N2O/c1-2-13-29(14-3-1)45-25-26-47-43-28-38-32-17-5-4-15-30(32)31-16-6-7-20-35(31)44-36(37(38)27-42(43)45)21-12-24-41(44)46-39-22-10-8-18-33(39)34-19-9-11-23-40(34)46/h1-24,27-28H,25-26H2. The van der Waals surface area contributed by atoms with Crippen LogP contribution in [0.25, 0.3) is 72.0 Å². The number of nitrogens with zero attached hydrogens (tertiary/aromatic N) is 2. The summed E-state index contributed by atoms with van der Waals surface area (Å²) in [6.45, 7) is 1.43. The summed E-state index contributed by atoms with van der Waals surface area (Å²) in [7, 11) is 0. The van der Waals surface area contributed by atoms with E-state index in [9.17, 15) is 0 Å². The van der Waals surface area contributed by atoms with Crippen LogP contribution in [0, 0.1) is 0 Å². The van der Waals surface area contributed by atoms with Gasteiger partial charge >= 0.3 is 0 Å². The van der Waals surface area contributed by atoms with Gasteiger partial charge in [-0.25, -0.2) is 0 Å². The molecule has 1 aliphatic carbocycles. The van der Waals surface area contributed by atoms with Gasteiger partial charge in [-0.3, -0.25) is 0 Å². The SMILES string of the molecule is c1ccc(N2CCOc3cc4c(cc32)-c2cccc(-n3c5ccccc5c5ccccc53)c2-c2ccccc2-c2ccccc2-4)cc1. The largest absolute Gasteiger partial charge is 0.490 e. The van der Waals surface area contributed by atoms with Gasteiger partial charge in [-0.15, -0.1) is 0 Å². The third-order valence-corrected chi connectivity index (χ3v) is 9.89. The first-order valence-corrected chi connectivity index (χ1v) is 16.3. The Labute approximate surface area is 273 Å². The molecule has 0 bridgehead atoms. The summed E-state index contributed by atoms with van der Waals surface area (Å²) in [6, 6.07) is 57.4. The van der Waals surface area contributed by atoms with E-state index < -0.39 is 0 Å². The van der Waals surface area contributed by atoms with Gasteiger partial charge in [0.05, 0.1) is 29.0 Å². The fraction of sp³-hybridized carbons (Fsp3) is 0.0455. The summed E-state index contributed by atoms with van der Waals surface area (Å²) in [5.41, 5.74) is 15.6. The molecule has 10 rings (SSSR count). The van der Waals surface area contributed by atoms with E-state index in [1.54, 1.807) is 0 Å². The molecule has 222 valence electrons. The predicted octanol–water partition coefficient (Wildman–Crippen LogP) is 11.3. The van der Waals surface area contributed by atoms with Crippen LogP contribution in [0.4, 0.5) is 11.4 Å². The van der Waals surface area contributed by atoms with Gasteiger partial charge in [-0.1, -0.05) is 115 Å². The molecule has 0 atom stereocenters. The number of fused-ring (bicyclic) bond motifs is 12. The Morgan fingerprint density at radius 3 is 1.70 bits per heavy atom. The number of hydrogen-bond acceptors (Lipinski definition) is 2. The molecule has 0 saturated heterocycles. The molecule has 0 N–H and O–H groups in total.